The number of hydrogen-bond donors (Lipinski definition) is 1. The molecule has 0 aliphatic carbocycles. The van der Waals surface area contributed by atoms with Crippen molar-refractivity contribution in [3.63, 3.8) is 0 Å². The van der Waals surface area contributed by atoms with Gasteiger partial charge in [0.15, 0.2) is 0 Å². The second-order valence-electron chi connectivity index (χ2n) is 5.15. The fourth-order valence-electron chi connectivity index (χ4n) is 2.17. The summed E-state index contributed by atoms with van der Waals surface area (Å²) in [6.45, 7) is 4.59. The highest BCUT2D eigenvalue weighted by Gasteiger charge is 2.17. The molecule has 0 atom stereocenters. The zero-order valence-corrected chi connectivity index (χ0v) is 12.5. The number of phenolic OH excluding ortho intramolecular Hbond substituents is 1. The van der Waals surface area contributed by atoms with Crippen LogP contribution in [-0.2, 0) is 0 Å². The van der Waals surface area contributed by atoms with Gasteiger partial charge in [0.1, 0.15) is 5.75 Å². The van der Waals surface area contributed by atoms with Gasteiger partial charge in [-0.1, -0.05) is 37.6 Å². The summed E-state index contributed by atoms with van der Waals surface area (Å²) in [5.74, 6) is 0.0781. The van der Waals surface area contributed by atoms with Crippen LogP contribution < -0.4 is 4.90 Å². The maximum absolute atomic E-state index is 12.7. The molecule has 3 nitrogen and oxygen atoms in total. The maximum Gasteiger partial charge on any atom is 0.258 e. The molecule has 0 heterocycles. The Morgan fingerprint density at radius 3 is 2.48 bits per heavy atom. The van der Waals surface area contributed by atoms with Gasteiger partial charge in [0.2, 0.25) is 0 Å². The topological polar surface area (TPSA) is 40.5 Å². The molecule has 0 spiro atoms. The lowest BCUT2D eigenvalue weighted by molar-refractivity contribution is 0.0986. The van der Waals surface area contributed by atoms with Crippen LogP contribution in [0.15, 0.2) is 48.5 Å². The van der Waals surface area contributed by atoms with E-state index in [0.29, 0.717) is 12.1 Å². The van der Waals surface area contributed by atoms with Crippen molar-refractivity contribution >= 4 is 11.6 Å². The Balaban J connectivity index is 2.31. The predicted octanol–water partition coefficient (Wildman–Crippen LogP) is 4.15. The van der Waals surface area contributed by atoms with Crippen molar-refractivity contribution in [2.45, 2.75) is 26.7 Å². The van der Waals surface area contributed by atoms with Gasteiger partial charge in [-0.3, -0.25) is 4.79 Å². The van der Waals surface area contributed by atoms with Crippen LogP contribution in [0.2, 0.25) is 0 Å². The molecule has 0 saturated carbocycles. The molecule has 2 aromatic carbocycles. The lowest BCUT2D eigenvalue weighted by atomic mass is 10.1. The van der Waals surface area contributed by atoms with Gasteiger partial charge in [-0.05, 0) is 43.2 Å². The Hall–Kier alpha value is -2.29. The summed E-state index contributed by atoms with van der Waals surface area (Å²) >= 11 is 0. The van der Waals surface area contributed by atoms with Gasteiger partial charge in [0.25, 0.3) is 5.91 Å². The first-order chi connectivity index (χ1) is 10.1. The fourth-order valence-corrected chi connectivity index (χ4v) is 2.17. The SMILES string of the molecule is CCCCN(C(=O)c1ccc(C)c(O)c1)c1ccccc1. The van der Waals surface area contributed by atoms with Crippen LogP contribution in [-0.4, -0.2) is 17.6 Å². The van der Waals surface area contributed by atoms with Crippen LogP contribution in [0.3, 0.4) is 0 Å². The molecule has 0 aliphatic rings. The van der Waals surface area contributed by atoms with Crippen LogP contribution in [0.1, 0.15) is 35.7 Å². The molecular formula is C18H21NO2. The van der Waals surface area contributed by atoms with Crippen molar-refractivity contribution < 1.29 is 9.90 Å². The number of carbonyl (C=O) groups excluding carboxylic acids is 1. The Bertz CT molecular complexity index is 608. The first-order valence-corrected chi connectivity index (χ1v) is 7.30. The minimum Gasteiger partial charge on any atom is -0.508 e. The van der Waals surface area contributed by atoms with Crippen LogP contribution >= 0.6 is 0 Å². The zero-order valence-electron chi connectivity index (χ0n) is 12.5. The van der Waals surface area contributed by atoms with Gasteiger partial charge < -0.3 is 10.0 Å². The van der Waals surface area contributed by atoms with Crippen LogP contribution in [0.4, 0.5) is 5.69 Å². The van der Waals surface area contributed by atoms with E-state index < -0.39 is 0 Å². The van der Waals surface area contributed by atoms with Crippen LogP contribution in [0.5, 0.6) is 5.75 Å². The molecule has 1 N–H and O–H groups in total. The van der Waals surface area contributed by atoms with E-state index >= 15 is 0 Å². The van der Waals surface area contributed by atoms with Gasteiger partial charge in [-0.2, -0.15) is 0 Å². The summed E-state index contributed by atoms with van der Waals surface area (Å²) in [4.78, 5) is 14.5. The Kier molecular flexibility index (Phi) is 4.99. The summed E-state index contributed by atoms with van der Waals surface area (Å²) in [7, 11) is 0. The average Bonchev–Trinajstić information content (AvgIpc) is 2.51. The van der Waals surface area contributed by atoms with E-state index in [0.717, 1.165) is 24.1 Å². The normalized spacial score (nSPS) is 10.4. The van der Waals surface area contributed by atoms with Gasteiger partial charge in [0, 0.05) is 17.8 Å². The predicted molar refractivity (Wildman–Crippen MR) is 85.9 cm³/mol. The molecule has 0 unspecified atom stereocenters. The van der Waals surface area contributed by atoms with Crippen LogP contribution in [0, 0.1) is 6.92 Å². The van der Waals surface area contributed by atoms with Gasteiger partial charge >= 0.3 is 0 Å². The highest BCUT2D eigenvalue weighted by molar-refractivity contribution is 6.06. The first kappa shape index (κ1) is 15.1. The molecule has 0 bridgehead atoms. The molecule has 0 aliphatic heterocycles. The largest absolute Gasteiger partial charge is 0.508 e. The Morgan fingerprint density at radius 2 is 1.86 bits per heavy atom. The molecule has 0 aromatic heterocycles. The average molecular weight is 283 g/mol. The van der Waals surface area contributed by atoms with Crippen molar-refractivity contribution in [1.82, 2.24) is 0 Å². The van der Waals surface area contributed by atoms with E-state index in [9.17, 15) is 9.90 Å². The quantitative estimate of drug-likeness (QED) is 0.895. The number of carbonyl (C=O) groups is 1. The molecule has 2 rings (SSSR count). The van der Waals surface area contributed by atoms with Crippen molar-refractivity contribution in [1.29, 1.82) is 0 Å². The summed E-state index contributed by atoms with van der Waals surface area (Å²) in [6.07, 6.45) is 1.97. The lowest BCUT2D eigenvalue weighted by Gasteiger charge is -2.23. The number of anilines is 1. The number of unbranched alkanes of at least 4 members (excludes halogenated alkanes) is 1. The minimum absolute atomic E-state index is 0.0787. The van der Waals surface area contributed by atoms with Crippen molar-refractivity contribution in [2.24, 2.45) is 0 Å². The maximum atomic E-state index is 12.7. The third-order valence-electron chi connectivity index (χ3n) is 3.50. The number of phenols is 1. The smallest absolute Gasteiger partial charge is 0.258 e. The molecule has 21 heavy (non-hydrogen) atoms. The zero-order chi connectivity index (χ0) is 15.2. The van der Waals surface area contributed by atoms with Gasteiger partial charge in [0.05, 0.1) is 0 Å². The molecule has 3 heteroatoms. The van der Waals surface area contributed by atoms with E-state index in [1.54, 1.807) is 23.1 Å². The summed E-state index contributed by atoms with van der Waals surface area (Å²) in [5.41, 5.74) is 2.17. The van der Waals surface area contributed by atoms with E-state index in [1.807, 2.05) is 37.3 Å². The van der Waals surface area contributed by atoms with E-state index in [1.165, 1.54) is 0 Å². The molecule has 110 valence electrons. The van der Waals surface area contributed by atoms with E-state index in [4.69, 9.17) is 0 Å². The number of hydrogen-bond acceptors (Lipinski definition) is 2. The molecule has 1 amide bonds. The number of para-hydroxylation sites is 1. The molecule has 2 aromatic rings. The third-order valence-corrected chi connectivity index (χ3v) is 3.50. The second-order valence-corrected chi connectivity index (χ2v) is 5.15. The minimum atomic E-state index is -0.0787. The third kappa shape index (κ3) is 3.63. The van der Waals surface area contributed by atoms with Gasteiger partial charge in [-0.25, -0.2) is 0 Å². The summed E-state index contributed by atoms with van der Waals surface area (Å²) < 4.78 is 0. The molecular weight excluding hydrogens is 262 g/mol. The monoisotopic (exact) mass is 283 g/mol. The standard InChI is InChI=1S/C18H21NO2/c1-3-4-12-19(16-8-6-5-7-9-16)18(21)15-11-10-14(2)17(20)13-15/h5-11,13,20H,3-4,12H2,1-2H3. The van der Waals surface area contributed by atoms with Crippen LogP contribution in [0.25, 0.3) is 0 Å². The second kappa shape index (κ2) is 6.93. The number of rotatable bonds is 5. The van der Waals surface area contributed by atoms with Crippen molar-refractivity contribution in [3.8, 4) is 5.75 Å². The highest BCUT2D eigenvalue weighted by atomic mass is 16.3. The van der Waals surface area contributed by atoms with Gasteiger partial charge in [-0.15, -0.1) is 0 Å². The Morgan fingerprint density at radius 1 is 1.14 bits per heavy atom. The number of nitrogens with zero attached hydrogens (tertiary/aromatic N) is 1. The molecule has 0 fully saturated rings. The number of aromatic hydroxyl groups is 1. The number of aryl methyl sites for hydroxylation is 1. The van der Waals surface area contributed by atoms with Crippen molar-refractivity contribution in [3.05, 3.63) is 59.7 Å². The Labute approximate surface area is 125 Å². The number of amides is 1. The van der Waals surface area contributed by atoms with Crippen molar-refractivity contribution in [2.75, 3.05) is 11.4 Å². The summed E-state index contributed by atoms with van der Waals surface area (Å²) in [5, 5.41) is 9.81. The lowest BCUT2D eigenvalue weighted by Crippen LogP contribution is -2.31. The molecule has 0 saturated heterocycles. The van der Waals surface area contributed by atoms with E-state index in [-0.39, 0.29) is 11.7 Å². The fraction of sp³-hybridized carbons (Fsp3) is 0.278. The molecule has 0 radical (unpaired) electrons. The summed E-state index contributed by atoms with van der Waals surface area (Å²) in [6, 6.07) is 14.7. The van der Waals surface area contributed by atoms with E-state index in [2.05, 4.69) is 6.92 Å². The first-order valence-electron chi connectivity index (χ1n) is 7.30. The highest BCUT2D eigenvalue weighted by Crippen LogP contribution is 2.22. The number of benzene rings is 2.